The summed E-state index contributed by atoms with van der Waals surface area (Å²) in [5.41, 5.74) is 4.83. The summed E-state index contributed by atoms with van der Waals surface area (Å²) in [6.45, 7) is 5.98. The number of nitrogens with one attached hydrogen (secondary N) is 1. The van der Waals surface area contributed by atoms with Crippen molar-refractivity contribution < 1.29 is 14.3 Å². The topological polar surface area (TPSA) is 82.5 Å². The summed E-state index contributed by atoms with van der Waals surface area (Å²) >= 11 is 0. The first-order chi connectivity index (χ1) is 13.9. The number of hydrogen-bond donors (Lipinski definition) is 1. The molecule has 0 fully saturated rings. The third kappa shape index (κ3) is 3.85. The van der Waals surface area contributed by atoms with Crippen molar-refractivity contribution in [1.29, 1.82) is 0 Å². The van der Waals surface area contributed by atoms with E-state index >= 15 is 0 Å². The van der Waals surface area contributed by atoms with E-state index in [1.165, 1.54) is 17.0 Å². The van der Waals surface area contributed by atoms with Gasteiger partial charge in [-0.1, -0.05) is 17.7 Å². The van der Waals surface area contributed by atoms with Gasteiger partial charge in [-0.3, -0.25) is 14.2 Å². The summed E-state index contributed by atoms with van der Waals surface area (Å²) in [6, 6.07) is 10.8. The minimum absolute atomic E-state index is 0.111. The molecule has 0 bridgehead atoms. The molecule has 0 saturated heterocycles. The normalized spacial score (nSPS) is 12.1. The van der Waals surface area contributed by atoms with Crippen LogP contribution in [0.1, 0.15) is 16.7 Å². The second-order valence-electron chi connectivity index (χ2n) is 7.13. The van der Waals surface area contributed by atoms with Crippen LogP contribution in [0, 0.1) is 20.8 Å². The molecule has 3 aromatic rings. The van der Waals surface area contributed by atoms with Crippen molar-refractivity contribution in [2.45, 2.75) is 27.3 Å². The van der Waals surface area contributed by atoms with Gasteiger partial charge < -0.3 is 14.8 Å². The fraction of sp³-hybridized carbons (Fsp3) is 0.227. The van der Waals surface area contributed by atoms with Crippen LogP contribution in [0.2, 0.25) is 0 Å². The van der Waals surface area contributed by atoms with Crippen molar-refractivity contribution in [2.75, 3.05) is 12.1 Å². The molecule has 0 atom stereocenters. The molecule has 0 radical (unpaired) electrons. The Kier molecular flexibility index (Phi) is 4.80. The van der Waals surface area contributed by atoms with E-state index in [9.17, 15) is 9.59 Å². The Bertz CT molecular complexity index is 1140. The van der Waals surface area contributed by atoms with E-state index in [-0.39, 0.29) is 24.8 Å². The van der Waals surface area contributed by atoms with Crippen LogP contribution >= 0.6 is 0 Å². The van der Waals surface area contributed by atoms with Crippen molar-refractivity contribution in [3.05, 3.63) is 69.8 Å². The zero-order valence-electron chi connectivity index (χ0n) is 16.5. The van der Waals surface area contributed by atoms with E-state index in [2.05, 4.69) is 10.3 Å². The molecule has 2 aromatic carbocycles. The lowest BCUT2D eigenvalue weighted by Gasteiger charge is -2.13. The number of fused-ring (bicyclic) bond motifs is 1. The summed E-state index contributed by atoms with van der Waals surface area (Å²) in [4.78, 5) is 29.3. The van der Waals surface area contributed by atoms with Crippen LogP contribution in [0.3, 0.4) is 0 Å². The quantitative estimate of drug-likeness (QED) is 0.739. The predicted molar refractivity (Wildman–Crippen MR) is 109 cm³/mol. The van der Waals surface area contributed by atoms with Gasteiger partial charge in [0.2, 0.25) is 12.7 Å². The van der Waals surface area contributed by atoms with Gasteiger partial charge >= 0.3 is 0 Å². The van der Waals surface area contributed by atoms with E-state index in [1.54, 1.807) is 12.1 Å². The van der Waals surface area contributed by atoms with E-state index in [0.717, 1.165) is 27.9 Å². The van der Waals surface area contributed by atoms with Gasteiger partial charge in [-0.15, -0.1) is 0 Å². The monoisotopic (exact) mass is 391 g/mol. The molecule has 4 rings (SSSR count). The first-order valence-corrected chi connectivity index (χ1v) is 9.25. The first-order valence-electron chi connectivity index (χ1n) is 9.25. The molecule has 0 spiro atoms. The molecule has 7 nitrogen and oxygen atoms in total. The Balaban J connectivity index is 1.52. The maximum absolute atomic E-state index is 12.5. The molecular formula is C22H21N3O4. The maximum atomic E-state index is 12.5. The Morgan fingerprint density at radius 1 is 1.07 bits per heavy atom. The second kappa shape index (κ2) is 7.43. The summed E-state index contributed by atoms with van der Waals surface area (Å²) < 4.78 is 11.9. The number of hydrogen-bond acceptors (Lipinski definition) is 5. The third-order valence-electron chi connectivity index (χ3n) is 4.80. The minimum atomic E-state index is -0.305. The molecule has 1 aromatic heterocycles. The lowest BCUT2D eigenvalue weighted by atomic mass is 10.1. The number of nitrogens with zero attached hydrogens (tertiary/aromatic N) is 2. The molecule has 7 heteroatoms. The SMILES string of the molecule is Cc1cc(C)c(NC(=O)Cn2cnc(-c3ccc4c(c3)OCO4)cc2=O)c(C)c1. The molecule has 1 amide bonds. The molecule has 148 valence electrons. The molecule has 1 aliphatic heterocycles. The highest BCUT2D eigenvalue weighted by molar-refractivity contribution is 5.92. The highest BCUT2D eigenvalue weighted by Gasteiger charge is 2.15. The van der Waals surface area contributed by atoms with Crippen molar-refractivity contribution in [2.24, 2.45) is 0 Å². The predicted octanol–water partition coefficient (Wildman–Crippen LogP) is 3.20. The van der Waals surface area contributed by atoms with Gasteiger partial charge in [-0.2, -0.15) is 0 Å². The number of benzene rings is 2. The zero-order valence-corrected chi connectivity index (χ0v) is 16.5. The second-order valence-corrected chi connectivity index (χ2v) is 7.13. The molecule has 0 unspecified atom stereocenters. The van der Waals surface area contributed by atoms with Gasteiger partial charge in [0.15, 0.2) is 11.5 Å². The lowest BCUT2D eigenvalue weighted by molar-refractivity contribution is -0.116. The standard InChI is InChI=1S/C22H21N3O4/c1-13-6-14(2)22(15(3)7-13)24-20(26)10-25-11-23-17(9-21(25)27)16-4-5-18-19(8-16)29-12-28-18/h4-9,11H,10,12H2,1-3H3,(H,24,26). The van der Waals surface area contributed by atoms with E-state index in [0.29, 0.717) is 17.2 Å². The molecule has 2 heterocycles. The van der Waals surface area contributed by atoms with Crippen molar-refractivity contribution in [3.63, 3.8) is 0 Å². The molecular weight excluding hydrogens is 370 g/mol. The number of aryl methyl sites for hydroxylation is 3. The smallest absolute Gasteiger partial charge is 0.254 e. The number of carbonyl (C=O) groups is 1. The van der Waals surface area contributed by atoms with E-state index < -0.39 is 0 Å². The van der Waals surface area contributed by atoms with Gasteiger partial charge in [-0.05, 0) is 50.1 Å². The Hall–Kier alpha value is -3.61. The van der Waals surface area contributed by atoms with Crippen molar-refractivity contribution in [1.82, 2.24) is 9.55 Å². The van der Waals surface area contributed by atoms with E-state index in [4.69, 9.17) is 9.47 Å². The molecule has 1 N–H and O–H groups in total. The maximum Gasteiger partial charge on any atom is 0.254 e. The molecule has 0 saturated carbocycles. The van der Waals surface area contributed by atoms with Crippen molar-refractivity contribution >= 4 is 11.6 Å². The summed E-state index contributed by atoms with van der Waals surface area (Å²) in [5.74, 6) is 1.01. The molecule has 29 heavy (non-hydrogen) atoms. The number of carbonyl (C=O) groups excluding carboxylic acids is 1. The average Bonchev–Trinajstić information content (AvgIpc) is 3.14. The first kappa shape index (κ1) is 18.7. The zero-order chi connectivity index (χ0) is 20.5. The number of amides is 1. The van der Waals surface area contributed by atoms with Crippen LogP contribution in [0.15, 0.2) is 47.5 Å². The number of anilines is 1. The molecule has 1 aliphatic rings. The summed E-state index contributed by atoms with van der Waals surface area (Å²) in [7, 11) is 0. The molecule has 0 aliphatic carbocycles. The van der Waals surface area contributed by atoms with Crippen LogP contribution in [-0.4, -0.2) is 22.3 Å². The van der Waals surface area contributed by atoms with Gasteiger partial charge in [0.1, 0.15) is 6.54 Å². The van der Waals surface area contributed by atoms with Gasteiger partial charge in [0.05, 0.1) is 12.0 Å². The fourth-order valence-corrected chi connectivity index (χ4v) is 3.47. The van der Waals surface area contributed by atoms with E-state index in [1.807, 2.05) is 39.0 Å². The van der Waals surface area contributed by atoms with Crippen LogP contribution in [0.5, 0.6) is 11.5 Å². The highest BCUT2D eigenvalue weighted by atomic mass is 16.7. The Labute approximate surface area is 167 Å². The van der Waals surface area contributed by atoms with Crippen molar-refractivity contribution in [3.8, 4) is 22.8 Å². The number of rotatable bonds is 4. The lowest BCUT2D eigenvalue weighted by Crippen LogP contribution is -2.28. The number of ether oxygens (including phenoxy) is 2. The fourth-order valence-electron chi connectivity index (χ4n) is 3.47. The van der Waals surface area contributed by atoms with Gasteiger partial charge in [-0.25, -0.2) is 4.98 Å². The minimum Gasteiger partial charge on any atom is -0.454 e. The summed E-state index contributed by atoms with van der Waals surface area (Å²) in [5, 5.41) is 2.90. The van der Waals surface area contributed by atoms with Crippen LogP contribution < -0.4 is 20.3 Å². The van der Waals surface area contributed by atoms with Gasteiger partial charge in [0, 0.05) is 17.3 Å². The Morgan fingerprint density at radius 2 is 1.79 bits per heavy atom. The Morgan fingerprint density at radius 3 is 2.52 bits per heavy atom. The summed E-state index contributed by atoms with van der Waals surface area (Å²) in [6.07, 6.45) is 1.39. The van der Waals surface area contributed by atoms with Crippen LogP contribution in [-0.2, 0) is 11.3 Å². The van der Waals surface area contributed by atoms with Crippen LogP contribution in [0.25, 0.3) is 11.3 Å². The average molecular weight is 391 g/mol. The third-order valence-corrected chi connectivity index (χ3v) is 4.80. The highest BCUT2D eigenvalue weighted by Crippen LogP contribution is 2.35. The van der Waals surface area contributed by atoms with Gasteiger partial charge in [0.25, 0.3) is 5.56 Å². The number of aromatic nitrogens is 2. The van der Waals surface area contributed by atoms with Crippen LogP contribution in [0.4, 0.5) is 5.69 Å². The largest absolute Gasteiger partial charge is 0.454 e.